The molecule has 0 radical (unpaired) electrons. The van der Waals surface area contributed by atoms with Crippen molar-refractivity contribution in [3.05, 3.63) is 52.1 Å². The minimum Gasteiger partial charge on any atom is -0.508 e. The average molecular weight is 287 g/mol. The van der Waals surface area contributed by atoms with Crippen molar-refractivity contribution in [3.63, 3.8) is 0 Å². The molecule has 0 saturated carbocycles. The van der Waals surface area contributed by atoms with Gasteiger partial charge in [-0.25, -0.2) is 0 Å². The summed E-state index contributed by atoms with van der Waals surface area (Å²) in [7, 11) is 0. The zero-order valence-corrected chi connectivity index (χ0v) is 11.2. The van der Waals surface area contributed by atoms with Gasteiger partial charge in [0.25, 0.3) is 5.69 Å². The standard InChI is InChI=1S/C14H13N3O4/c1-2-11-13(18)8-7-12(14(11)19)16-15-9-3-5-10(6-4-9)17(20)21/h3-8,18-19H,2H2,1H3. The number of nitro benzene ring substituents is 1. The fourth-order valence-corrected chi connectivity index (χ4v) is 1.80. The number of nitrogens with zero attached hydrogens (tertiary/aromatic N) is 3. The Morgan fingerprint density at radius 3 is 2.33 bits per heavy atom. The number of non-ortho nitro benzene ring substituents is 1. The number of rotatable bonds is 4. The molecule has 0 fully saturated rings. The summed E-state index contributed by atoms with van der Waals surface area (Å²) in [6.07, 6.45) is 0.457. The lowest BCUT2D eigenvalue weighted by molar-refractivity contribution is -0.384. The monoisotopic (exact) mass is 287 g/mol. The van der Waals surface area contributed by atoms with Crippen molar-refractivity contribution in [2.75, 3.05) is 0 Å². The summed E-state index contributed by atoms with van der Waals surface area (Å²) < 4.78 is 0. The van der Waals surface area contributed by atoms with Gasteiger partial charge >= 0.3 is 0 Å². The molecule has 0 atom stereocenters. The maximum atomic E-state index is 10.5. The molecule has 7 heteroatoms. The van der Waals surface area contributed by atoms with Crippen LogP contribution in [0.3, 0.4) is 0 Å². The van der Waals surface area contributed by atoms with Crippen LogP contribution in [0.5, 0.6) is 11.5 Å². The lowest BCUT2D eigenvalue weighted by Crippen LogP contribution is -1.85. The molecule has 2 aromatic rings. The summed E-state index contributed by atoms with van der Waals surface area (Å²) >= 11 is 0. The molecule has 0 unspecified atom stereocenters. The Hall–Kier alpha value is -2.96. The molecule has 0 aliphatic rings. The van der Waals surface area contributed by atoms with Crippen molar-refractivity contribution in [1.82, 2.24) is 0 Å². The van der Waals surface area contributed by atoms with Gasteiger partial charge in [-0.1, -0.05) is 6.92 Å². The van der Waals surface area contributed by atoms with Gasteiger partial charge < -0.3 is 10.2 Å². The Labute approximate surface area is 120 Å². The summed E-state index contributed by atoms with van der Waals surface area (Å²) in [5.74, 6) is -0.118. The molecule has 0 spiro atoms. The third-order valence-corrected chi connectivity index (χ3v) is 2.92. The zero-order chi connectivity index (χ0) is 15.4. The fourth-order valence-electron chi connectivity index (χ4n) is 1.80. The molecule has 2 rings (SSSR count). The minimum atomic E-state index is -0.500. The number of nitro groups is 1. The smallest absolute Gasteiger partial charge is 0.269 e. The molecule has 0 aliphatic carbocycles. The summed E-state index contributed by atoms with van der Waals surface area (Å²) in [6.45, 7) is 1.80. The highest BCUT2D eigenvalue weighted by Crippen LogP contribution is 2.37. The highest BCUT2D eigenvalue weighted by Gasteiger charge is 2.10. The topological polar surface area (TPSA) is 108 Å². The lowest BCUT2D eigenvalue weighted by Gasteiger charge is -2.06. The second kappa shape index (κ2) is 6.00. The normalized spacial score (nSPS) is 10.9. The second-order valence-corrected chi connectivity index (χ2v) is 4.26. The molecule has 0 bridgehead atoms. The number of hydrogen-bond donors (Lipinski definition) is 2. The van der Waals surface area contributed by atoms with E-state index in [4.69, 9.17) is 0 Å². The first-order valence-corrected chi connectivity index (χ1v) is 6.23. The van der Waals surface area contributed by atoms with E-state index < -0.39 is 4.92 Å². The highest BCUT2D eigenvalue weighted by atomic mass is 16.6. The van der Waals surface area contributed by atoms with Crippen LogP contribution < -0.4 is 0 Å². The van der Waals surface area contributed by atoms with Crippen molar-refractivity contribution in [2.24, 2.45) is 10.2 Å². The van der Waals surface area contributed by atoms with Crippen molar-refractivity contribution < 1.29 is 15.1 Å². The van der Waals surface area contributed by atoms with Crippen LogP contribution in [-0.4, -0.2) is 15.1 Å². The van der Waals surface area contributed by atoms with Crippen molar-refractivity contribution in [1.29, 1.82) is 0 Å². The van der Waals surface area contributed by atoms with Crippen molar-refractivity contribution >= 4 is 17.1 Å². The molecular formula is C14H13N3O4. The van der Waals surface area contributed by atoms with E-state index in [2.05, 4.69) is 10.2 Å². The van der Waals surface area contributed by atoms with E-state index in [1.807, 2.05) is 0 Å². The van der Waals surface area contributed by atoms with E-state index in [-0.39, 0.29) is 22.9 Å². The molecule has 0 heterocycles. The van der Waals surface area contributed by atoms with Gasteiger partial charge in [0.1, 0.15) is 17.2 Å². The Morgan fingerprint density at radius 1 is 1.10 bits per heavy atom. The van der Waals surface area contributed by atoms with Gasteiger partial charge in [-0.3, -0.25) is 10.1 Å². The van der Waals surface area contributed by atoms with Gasteiger partial charge in [0.2, 0.25) is 0 Å². The Kier molecular flexibility index (Phi) is 4.13. The van der Waals surface area contributed by atoms with Gasteiger partial charge in [0.15, 0.2) is 0 Å². The van der Waals surface area contributed by atoms with Gasteiger partial charge in [-0.2, -0.15) is 5.11 Å². The second-order valence-electron chi connectivity index (χ2n) is 4.26. The highest BCUT2D eigenvalue weighted by molar-refractivity contribution is 5.60. The van der Waals surface area contributed by atoms with Gasteiger partial charge in [0.05, 0.1) is 10.6 Å². The molecule has 0 amide bonds. The number of benzene rings is 2. The van der Waals surface area contributed by atoms with E-state index in [1.54, 1.807) is 6.92 Å². The van der Waals surface area contributed by atoms with Crippen LogP contribution in [0.2, 0.25) is 0 Å². The van der Waals surface area contributed by atoms with Crippen LogP contribution in [-0.2, 0) is 6.42 Å². The van der Waals surface area contributed by atoms with Crippen LogP contribution in [0.25, 0.3) is 0 Å². The molecule has 2 N–H and O–H groups in total. The van der Waals surface area contributed by atoms with Gasteiger partial charge in [0, 0.05) is 17.7 Å². The molecule has 7 nitrogen and oxygen atoms in total. The first-order chi connectivity index (χ1) is 10.0. The molecular weight excluding hydrogens is 274 g/mol. The number of hydrogen-bond acceptors (Lipinski definition) is 6. The molecule has 0 aliphatic heterocycles. The van der Waals surface area contributed by atoms with Crippen LogP contribution in [0.1, 0.15) is 12.5 Å². The molecule has 0 saturated heterocycles. The largest absolute Gasteiger partial charge is 0.508 e. The number of phenolic OH excluding ortho intramolecular Hbond substituents is 2. The van der Waals surface area contributed by atoms with Crippen LogP contribution >= 0.6 is 0 Å². The average Bonchev–Trinajstić information content (AvgIpc) is 2.47. The minimum absolute atomic E-state index is 0.00397. The zero-order valence-electron chi connectivity index (χ0n) is 11.2. The molecule has 2 aromatic carbocycles. The maximum absolute atomic E-state index is 10.5. The van der Waals surface area contributed by atoms with E-state index in [0.29, 0.717) is 17.7 Å². The Balaban J connectivity index is 2.27. The molecule has 21 heavy (non-hydrogen) atoms. The van der Waals surface area contributed by atoms with Gasteiger partial charge in [-0.15, -0.1) is 5.11 Å². The fraction of sp³-hybridized carbons (Fsp3) is 0.143. The summed E-state index contributed by atoms with van der Waals surface area (Å²) in [5, 5.41) is 37.9. The van der Waals surface area contributed by atoms with Crippen LogP contribution in [0, 0.1) is 10.1 Å². The van der Waals surface area contributed by atoms with E-state index in [0.717, 1.165) is 0 Å². The predicted molar refractivity (Wildman–Crippen MR) is 76.4 cm³/mol. The maximum Gasteiger partial charge on any atom is 0.269 e. The number of phenols is 2. The Morgan fingerprint density at radius 2 is 1.76 bits per heavy atom. The van der Waals surface area contributed by atoms with E-state index in [9.17, 15) is 20.3 Å². The van der Waals surface area contributed by atoms with Gasteiger partial charge in [-0.05, 0) is 30.7 Å². The summed E-state index contributed by atoms with van der Waals surface area (Å²) in [6, 6.07) is 8.44. The van der Waals surface area contributed by atoms with Crippen LogP contribution in [0.15, 0.2) is 46.6 Å². The Bertz CT molecular complexity index is 696. The van der Waals surface area contributed by atoms with Crippen LogP contribution in [0.4, 0.5) is 17.1 Å². The molecule has 108 valence electrons. The predicted octanol–water partition coefficient (Wildman–Crippen LogP) is 3.98. The summed E-state index contributed by atoms with van der Waals surface area (Å²) in [4.78, 5) is 10.0. The third-order valence-electron chi connectivity index (χ3n) is 2.92. The molecule has 0 aromatic heterocycles. The lowest BCUT2D eigenvalue weighted by atomic mass is 10.1. The first-order valence-electron chi connectivity index (χ1n) is 6.23. The van der Waals surface area contributed by atoms with Crippen molar-refractivity contribution in [2.45, 2.75) is 13.3 Å². The quantitative estimate of drug-likeness (QED) is 0.503. The first kappa shape index (κ1) is 14.4. The van der Waals surface area contributed by atoms with E-state index in [1.165, 1.54) is 36.4 Å². The van der Waals surface area contributed by atoms with Crippen molar-refractivity contribution in [3.8, 4) is 11.5 Å². The number of aromatic hydroxyl groups is 2. The number of azo groups is 1. The SMILES string of the molecule is CCc1c(O)ccc(N=Nc2ccc([N+](=O)[O-])cc2)c1O. The van der Waals surface area contributed by atoms with E-state index >= 15 is 0 Å². The summed E-state index contributed by atoms with van der Waals surface area (Å²) in [5.41, 5.74) is 1.01. The third kappa shape index (κ3) is 3.14.